The molecule has 2 aliphatic heterocycles. The Balaban J connectivity index is 1.71. The van der Waals surface area contributed by atoms with Gasteiger partial charge in [0.25, 0.3) is 0 Å². The first-order valence-corrected chi connectivity index (χ1v) is 8.12. The molecule has 0 aliphatic carbocycles. The normalized spacial score (nSPS) is 23.7. The molecule has 0 saturated carbocycles. The van der Waals surface area contributed by atoms with E-state index in [0.717, 1.165) is 18.8 Å². The Morgan fingerprint density at radius 2 is 1.88 bits per heavy atom. The average molecular weight is 329 g/mol. The van der Waals surface area contributed by atoms with Gasteiger partial charge in [-0.3, -0.25) is 4.90 Å². The minimum Gasteiger partial charge on any atom is -0.507 e. The van der Waals surface area contributed by atoms with Crippen molar-refractivity contribution in [3.05, 3.63) is 30.1 Å². The van der Waals surface area contributed by atoms with Gasteiger partial charge in [-0.05, 0) is 44.2 Å². The van der Waals surface area contributed by atoms with Crippen LogP contribution in [0.1, 0.15) is 12.8 Å². The molecule has 1 aromatic carbocycles. The van der Waals surface area contributed by atoms with Crippen LogP contribution in [0.5, 0.6) is 5.75 Å². The minimum absolute atomic E-state index is 0.0279. The Bertz CT molecular complexity index is 770. The fraction of sp³-hybridized carbons (Fsp3) is 0.412. The number of nitrogens with two attached hydrogens (primary N) is 1. The first-order chi connectivity index (χ1) is 11.5. The van der Waals surface area contributed by atoms with Crippen molar-refractivity contribution in [3.8, 4) is 17.0 Å². The number of phenolic OH excluding ortho intramolecular Hbond substituents is 1. The van der Waals surface area contributed by atoms with Crippen LogP contribution in [0, 0.1) is 5.82 Å². The van der Waals surface area contributed by atoms with Gasteiger partial charge in [-0.2, -0.15) is 0 Å². The number of rotatable bonds is 2. The van der Waals surface area contributed by atoms with Gasteiger partial charge < -0.3 is 15.7 Å². The van der Waals surface area contributed by atoms with Crippen molar-refractivity contribution in [1.29, 1.82) is 0 Å². The molecule has 1 aromatic heterocycles. The highest BCUT2D eigenvalue weighted by Gasteiger charge is 2.38. The summed E-state index contributed by atoms with van der Waals surface area (Å²) in [5.74, 6) is -0.0981. The third-order valence-corrected chi connectivity index (χ3v) is 5.22. The summed E-state index contributed by atoms with van der Waals surface area (Å²) >= 11 is 0. The van der Waals surface area contributed by atoms with Gasteiger partial charge >= 0.3 is 0 Å². The molecule has 2 aliphatic rings. The van der Waals surface area contributed by atoms with Crippen LogP contribution >= 0.6 is 0 Å². The molecular formula is C17H20FN5O. The number of phenols is 1. The standard InChI is InChI=1S/C17H20FN5O/c1-22-11-3-4-12(22)9-23(8-11)15-7-14(20-21-17(15)19)13-6-10(18)2-5-16(13)24/h2,5-7,11-12,24H,3-4,8-9H2,1H3,(H2,19,21). The molecule has 2 fully saturated rings. The number of benzene rings is 1. The number of halogens is 1. The van der Waals surface area contributed by atoms with Gasteiger partial charge in [-0.25, -0.2) is 4.39 Å². The van der Waals surface area contributed by atoms with Crippen molar-refractivity contribution in [1.82, 2.24) is 15.1 Å². The van der Waals surface area contributed by atoms with E-state index >= 15 is 0 Å². The van der Waals surface area contributed by atoms with Crippen LogP contribution in [-0.2, 0) is 0 Å². The molecule has 3 heterocycles. The molecule has 7 heteroatoms. The largest absolute Gasteiger partial charge is 0.507 e. The summed E-state index contributed by atoms with van der Waals surface area (Å²) in [6, 6.07) is 6.61. The van der Waals surface area contributed by atoms with Crippen molar-refractivity contribution >= 4 is 11.5 Å². The average Bonchev–Trinajstić information content (AvgIpc) is 2.79. The minimum atomic E-state index is -0.430. The molecule has 3 N–H and O–H groups in total. The molecule has 2 bridgehead atoms. The second-order valence-corrected chi connectivity index (χ2v) is 6.62. The number of fused-ring (bicyclic) bond motifs is 2. The van der Waals surface area contributed by atoms with E-state index in [0.29, 0.717) is 29.2 Å². The van der Waals surface area contributed by atoms with Crippen LogP contribution in [0.3, 0.4) is 0 Å². The molecule has 126 valence electrons. The lowest BCUT2D eigenvalue weighted by Gasteiger charge is -2.40. The summed E-state index contributed by atoms with van der Waals surface area (Å²) in [7, 11) is 2.17. The number of hydrogen-bond donors (Lipinski definition) is 2. The number of hydrogen-bond acceptors (Lipinski definition) is 6. The number of piperazine rings is 1. The van der Waals surface area contributed by atoms with Crippen LogP contribution in [0.15, 0.2) is 24.3 Å². The van der Waals surface area contributed by atoms with Crippen molar-refractivity contribution in [3.63, 3.8) is 0 Å². The molecule has 0 amide bonds. The quantitative estimate of drug-likeness (QED) is 0.875. The van der Waals surface area contributed by atoms with E-state index < -0.39 is 5.82 Å². The van der Waals surface area contributed by atoms with E-state index in [1.807, 2.05) is 0 Å². The molecule has 6 nitrogen and oxygen atoms in total. The Morgan fingerprint density at radius 3 is 2.58 bits per heavy atom. The Morgan fingerprint density at radius 1 is 1.17 bits per heavy atom. The third-order valence-electron chi connectivity index (χ3n) is 5.22. The molecular weight excluding hydrogens is 309 g/mol. The highest BCUT2D eigenvalue weighted by atomic mass is 19.1. The van der Waals surface area contributed by atoms with Gasteiger partial charge in [0.2, 0.25) is 0 Å². The van der Waals surface area contributed by atoms with Crippen LogP contribution in [0.2, 0.25) is 0 Å². The van der Waals surface area contributed by atoms with Crippen molar-refractivity contribution in [2.45, 2.75) is 24.9 Å². The third kappa shape index (κ3) is 2.45. The zero-order chi connectivity index (χ0) is 16.8. The smallest absolute Gasteiger partial charge is 0.169 e. The molecule has 24 heavy (non-hydrogen) atoms. The lowest BCUT2D eigenvalue weighted by atomic mass is 10.1. The summed E-state index contributed by atoms with van der Waals surface area (Å²) in [4.78, 5) is 4.66. The maximum Gasteiger partial charge on any atom is 0.169 e. The summed E-state index contributed by atoms with van der Waals surface area (Å²) in [6.45, 7) is 1.77. The molecule has 4 rings (SSSR count). The van der Waals surface area contributed by atoms with Crippen LogP contribution in [0.25, 0.3) is 11.3 Å². The van der Waals surface area contributed by atoms with Crippen LogP contribution in [0.4, 0.5) is 15.9 Å². The number of nitrogens with zero attached hydrogens (tertiary/aromatic N) is 4. The Hall–Kier alpha value is -2.41. The van der Waals surface area contributed by atoms with E-state index in [1.165, 1.54) is 31.0 Å². The number of nitrogen functional groups attached to an aromatic ring is 1. The number of likely N-dealkylation sites (N-methyl/N-ethyl adjacent to an activating group) is 1. The SMILES string of the molecule is CN1C2CCC1CN(c1cc(-c3cc(F)ccc3O)nnc1N)C2. The zero-order valence-corrected chi connectivity index (χ0v) is 13.5. The highest BCUT2D eigenvalue weighted by molar-refractivity contribution is 5.74. The Labute approximate surface area is 139 Å². The second-order valence-electron chi connectivity index (χ2n) is 6.62. The highest BCUT2D eigenvalue weighted by Crippen LogP contribution is 2.36. The molecule has 2 aromatic rings. The topological polar surface area (TPSA) is 78.5 Å². The van der Waals surface area contributed by atoms with Gasteiger partial charge in [-0.15, -0.1) is 10.2 Å². The lowest BCUT2D eigenvalue weighted by molar-refractivity contribution is 0.212. The van der Waals surface area contributed by atoms with E-state index in [4.69, 9.17) is 5.73 Å². The van der Waals surface area contributed by atoms with Gasteiger partial charge in [-0.1, -0.05) is 0 Å². The van der Waals surface area contributed by atoms with E-state index in [9.17, 15) is 9.50 Å². The number of aromatic nitrogens is 2. The van der Waals surface area contributed by atoms with Gasteiger partial charge in [0.1, 0.15) is 11.6 Å². The molecule has 2 saturated heterocycles. The molecule has 0 spiro atoms. The zero-order valence-electron chi connectivity index (χ0n) is 13.5. The Kier molecular flexibility index (Phi) is 3.53. The fourth-order valence-corrected chi connectivity index (χ4v) is 3.80. The summed E-state index contributed by atoms with van der Waals surface area (Å²) in [6.07, 6.45) is 2.38. The molecule has 2 atom stereocenters. The maximum absolute atomic E-state index is 13.5. The van der Waals surface area contributed by atoms with Crippen molar-refractivity contribution < 1.29 is 9.50 Å². The van der Waals surface area contributed by atoms with E-state index in [2.05, 4.69) is 27.0 Å². The second kappa shape index (κ2) is 5.59. The predicted octanol–water partition coefficient (Wildman–Crippen LogP) is 1.85. The molecule has 0 radical (unpaired) electrons. The summed E-state index contributed by atoms with van der Waals surface area (Å²) in [5, 5.41) is 18.1. The van der Waals surface area contributed by atoms with Gasteiger partial charge in [0.05, 0.1) is 11.4 Å². The van der Waals surface area contributed by atoms with Crippen molar-refractivity contribution in [2.24, 2.45) is 0 Å². The van der Waals surface area contributed by atoms with Crippen molar-refractivity contribution in [2.75, 3.05) is 30.8 Å². The fourth-order valence-electron chi connectivity index (χ4n) is 3.80. The first-order valence-electron chi connectivity index (χ1n) is 8.12. The molecule has 2 unspecified atom stereocenters. The van der Waals surface area contributed by atoms with E-state index in [-0.39, 0.29) is 5.75 Å². The van der Waals surface area contributed by atoms with Crippen LogP contribution in [-0.4, -0.2) is 52.4 Å². The number of anilines is 2. The summed E-state index contributed by atoms with van der Waals surface area (Å²) in [5.41, 5.74) is 7.59. The predicted molar refractivity (Wildman–Crippen MR) is 90.3 cm³/mol. The van der Waals surface area contributed by atoms with E-state index in [1.54, 1.807) is 6.07 Å². The van der Waals surface area contributed by atoms with Crippen LogP contribution < -0.4 is 10.6 Å². The van der Waals surface area contributed by atoms with Gasteiger partial charge in [0.15, 0.2) is 5.82 Å². The van der Waals surface area contributed by atoms with Gasteiger partial charge in [0, 0.05) is 30.7 Å². The first kappa shape index (κ1) is 15.1. The lowest BCUT2D eigenvalue weighted by Crippen LogP contribution is -2.52. The maximum atomic E-state index is 13.5. The summed E-state index contributed by atoms with van der Waals surface area (Å²) < 4.78 is 13.5. The monoisotopic (exact) mass is 329 g/mol. The number of aromatic hydroxyl groups is 1.